The Morgan fingerprint density at radius 1 is 1.30 bits per heavy atom. The van der Waals surface area contributed by atoms with Crippen molar-refractivity contribution in [2.45, 2.75) is 12.8 Å². The number of anilines is 1. The first-order valence-corrected chi connectivity index (χ1v) is 9.52. The molecule has 0 aliphatic carbocycles. The van der Waals surface area contributed by atoms with Gasteiger partial charge in [0.15, 0.2) is 5.82 Å². The summed E-state index contributed by atoms with van der Waals surface area (Å²) in [7, 11) is 0. The van der Waals surface area contributed by atoms with Crippen LogP contribution in [-0.2, 0) is 16.0 Å². The van der Waals surface area contributed by atoms with Gasteiger partial charge in [-0.15, -0.1) is 0 Å². The van der Waals surface area contributed by atoms with Crippen molar-refractivity contribution in [2.75, 3.05) is 18.0 Å². The van der Waals surface area contributed by atoms with Crippen molar-refractivity contribution in [3.63, 3.8) is 0 Å². The number of fused-ring (bicyclic) bond motifs is 1. The van der Waals surface area contributed by atoms with Crippen molar-refractivity contribution < 1.29 is 9.59 Å². The lowest BCUT2D eigenvalue weighted by molar-refractivity contribution is -0.126. The van der Waals surface area contributed by atoms with E-state index < -0.39 is 0 Å². The monoisotopic (exact) mass is 427 g/mol. The highest BCUT2D eigenvalue weighted by molar-refractivity contribution is 9.10. The van der Waals surface area contributed by atoms with Crippen molar-refractivity contribution >= 4 is 44.5 Å². The number of nitrogens with zero attached hydrogens (tertiary/aromatic N) is 3. The Hall–Kier alpha value is -2.74. The third-order valence-corrected chi connectivity index (χ3v) is 5.21. The van der Waals surface area contributed by atoms with Gasteiger partial charge >= 0.3 is 0 Å². The van der Waals surface area contributed by atoms with Crippen LogP contribution in [0.15, 0.2) is 47.2 Å². The molecule has 1 aliphatic rings. The van der Waals surface area contributed by atoms with Crippen molar-refractivity contribution in [1.29, 1.82) is 0 Å². The molecule has 0 spiro atoms. The van der Waals surface area contributed by atoms with Crippen LogP contribution in [-0.4, -0.2) is 40.1 Å². The first-order chi connectivity index (χ1) is 13.1. The summed E-state index contributed by atoms with van der Waals surface area (Å²) < 4.78 is 0.935. The maximum atomic E-state index is 12.5. The number of hydrogen-bond donors (Lipinski definition) is 2. The fraction of sp³-hybridized carbons (Fsp3) is 0.263. The normalized spacial score (nSPS) is 16.9. The number of halogens is 1. The molecular weight excluding hydrogens is 410 g/mol. The van der Waals surface area contributed by atoms with Crippen LogP contribution >= 0.6 is 15.9 Å². The van der Waals surface area contributed by atoms with E-state index in [4.69, 9.17) is 0 Å². The van der Waals surface area contributed by atoms with Gasteiger partial charge in [-0.2, -0.15) is 5.10 Å². The molecule has 0 unspecified atom stereocenters. The number of hydrogen-bond acceptors (Lipinski definition) is 4. The van der Waals surface area contributed by atoms with Gasteiger partial charge in [-0.05, 0) is 42.3 Å². The molecule has 2 amide bonds. The van der Waals surface area contributed by atoms with Crippen molar-refractivity contribution in [3.8, 4) is 0 Å². The minimum atomic E-state index is -0.364. The second-order valence-electron chi connectivity index (χ2n) is 6.54. The van der Waals surface area contributed by atoms with Crippen LogP contribution < -0.4 is 10.2 Å². The molecule has 0 saturated carbocycles. The number of H-pyrrole nitrogens is 1. The SMILES string of the molecule is O=C(NCCc1ccncc1)[C@H]1CC(=O)N(c2n[nH]c3cc(Br)ccc23)C1. The molecule has 3 heterocycles. The number of amides is 2. The summed E-state index contributed by atoms with van der Waals surface area (Å²) in [6.07, 6.45) is 4.40. The van der Waals surface area contributed by atoms with Gasteiger partial charge in [-0.25, -0.2) is 0 Å². The van der Waals surface area contributed by atoms with Crippen LogP contribution in [0.1, 0.15) is 12.0 Å². The van der Waals surface area contributed by atoms with E-state index in [2.05, 4.69) is 36.4 Å². The lowest BCUT2D eigenvalue weighted by Crippen LogP contribution is -2.34. The van der Waals surface area contributed by atoms with E-state index in [9.17, 15) is 9.59 Å². The highest BCUT2D eigenvalue weighted by Gasteiger charge is 2.36. The van der Waals surface area contributed by atoms with Crippen LogP contribution in [0.3, 0.4) is 0 Å². The quantitative estimate of drug-likeness (QED) is 0.653. The summed E-state index contributed by atoms with van der Waals surface area (Å²) in [5.41, 5.74) is 1.96. The second kappa shape index (κ2) is 7.48. The number of benzene rings is 1. The number of aromatic nitrogens is 3. The first kappa shape index (κ1) is 17.7. The maximum absolute atomic E-state index is 12.5. The molecular formula is C19H18BrN5O2. The van der Waals surface area contributed by atoms with E-state index in [1.165, 1.54) is 0 Å². The lowest BCUT2D eigenvalue weighted by Gasteiger charge is -2.14. The third-order valence-electron chi connectivity index (χ3n) is 4.72. The molecule has 2 N–H and O–H groups in total. The van der Waals surface area contributed by atoms with E-state index in [0.29, 0.717) is 18.9 Å². The predicted octanol–water partition coefficient (Wildman–Crippen LogP) is 2.43. The number of carbonyl (C=O) groups is 2. The molecule has 8 heteroatoms. The summed E-state index contributed by atoms with van der Waals surface area (Å²) in [5.74, 6) is 0.0369. The van der Waals surface area contributed by atoms with E-state index in [0.717, 1.165) is 27.4 Å². The standard InChI is InChI=1S/C19H18BrN5O2/c20-14-1-2-15-16(10-14)23-24-18(15)25-11-13(9-17(25)26)19(27)22-8-5-12-3-6-21-7-4-12/h1-4,6-7,10,13H,5,8-9,11H2,(H,22,27)(H,23,24)/t13-/m0/s1. The van der Waals surface area contributed by atoms with E-state index in [1.807, 2.05) is 30.3 Å². The Morgan fingerprint density at radius 3 is 2.93 bits per heavy atom. The van der Waals surface area contributed by atoms with Crippen LogP contribution in [0.4, 0.5) is 5.82 Å². The van der Waals surface area contributed by atoms with Gasteiger partial charge in [-0.3, -0.25) is 24.6 Å². The van der Waals surface area contributed by atoms with Gasteiger partial charge in [0.1, 0.15) is 0 Å². The summed E-state index contributed by atoms with van der Waals surface area (Å²) >= 11 is 3.42. The Kier molecular flexibility index (Phi) is 4.89. The van der Waals surface area contributed by atoms with E-state index in [-0.39, 0.29) is 24.2 Å². The molecule has 0 radical (unpaired) electrons. The molecule has 1 atom stereocenters. The number of aromatic amines is 1. The molecule has 3 aromatic rings. The third kappa shape index (κ3) is 3.71. The van der Waals surface area contributed by atoms with Crippen molar-refractivity contribution in [2.24, 2.45) is 5.92 Å². The first-order valence-electron chi connectivity index (χ1n) is 8.72. The molecule has 1 aliphatic heterocycles. The molecule has 2 aromatic heterocycles. The number of carbonyl (C=O) groups excluding carboxylic acids is 2. The van der Waals surface area contributed by atoms with Gasteiger partial charge in [0, 0.05) is 41.8 Å². The van der Waals surface area contributed by atoms with Gasteiger partial charge in [0.05, 0.1) is 11.4 Å². The molecule has 27 heavy (non-hydrogen) atoms. The maximum Gasteiger partial charge on any atom is 0.229 e. The number of rotatable bonds is 5. The highest BCUT2D eigenvalue weighted by Crippen LogP contribution is 2.31. The minimum absolute atomic E-state index is 0.0828. The van der Waals surface area contributed by atoms with Gasteiger partial charge in [0.2, 0.25) is 11.8 Å². The second-order valence-corrected chi connectivity index (χ2v) is 7.45. The average Bonchev–Trinajstić information content (AvgIpc) is 3.25. The van der Waals surface area contributed by atoms with Crippen LogP contribution in [0, 0.1) is 5.92 Å². The summed E-state index contributed by atoms with van der Waals surface area (Å²) in [6, 6.07) is 9.58. The Balaban J connectivity index is 1.40. The average molecular weight is 428 g/mol. The Labute approximate surface area is 164 Å². The molecule has 1 saturated heterocycles. The van der Waals surface area contributed by atoms with Crippen LogP contribution in [0.25, 0.3) is 10.9 Å². The molecule has 0 bridgehead atoms. The Morgan fingerprint density at radius 2 is 2.11 bits per heavy atom. The lowest BCUT2D eigenvalue weighted by atomic mass is 10.1. The molecule has 138 valence electrons. The number of pyridine rings is 1. The van der Waals surface area contributed by atoms with Gasteiger partial charge in [-0.1, -0.05) is 15.9 Å². The predicted molar refractivity (Wildman–Crippen MR) is 105 cm³/mol. The van der Waals surface area contributed by atoms with Crippen molar-refractivity contribution in [1.82, 2.24) is 20.5 Å². The smallest absolute Gasteiger partial charge is 0.229 e. The Bertz CT molecular complexity index is 988. The van der Waals surface area contributed by atoms with E-state index in [1.54, 1.807) is 17.3 Å². The van der Waals surface area contributed by atoms with Crippen molar-refractivity contribution in [3.05, 3.63) is 52.8 Å². The number of nitrogens with one attached hydrogen (secondary N) is 2. The largest absolute Gasteiger partial charge is 0.355 e. The topological polar surface area (TPSA) is 91.0 Å². The molecule has 7 nitrogen and oxygen atoms in total. The van der Waals surface area contributed by atoms with Gasteiger partial charge in [0.25, 0.3) is 0 Å². The fourth-order valence-electron chi connectivity index (χ4n) is 3.29. The molecule has 1 aromatic carbocycles. The molecule has 4 rings (SSSR count). The zero-order valence-corrected chi connectivity index (χ0v) is 16.1. The summed E-state index contributed by atoms with van der Waals surface area (Å²) in [4.78, 5) is 30.5. The fourth-order valence-corrected chi connectivity index (χ4v) is 3.66. The summed E-state index contributed by atoms with van der Waals surface area (Å²) in [6.45, 7) is 0.878. The zero-order valence-electron chi connectivity index (χ0n) is 14.5. The summed E-state index contributed by atoms with van der Waals surface area (Å²) in [5, 5.41) is 11.0. The zero-order chi connectivity index (χ0) is 18.8. The van der Waals surface area contributed by atoms with Gasteiger partial charge < -0.3 is 5.32 Å². The highest BCUT2D eigenvalue weighted by atomic mass is 79.9. The molecule has 1 fully saturated rings. The van der Waals surface area contributed by atoms with Crippen LogP contribution in [0.2, 0.25) is 0 Å². The van der Waals surface area contributed by atoms with E-state index >= 15 is 0 Å². The van der Waals surface area contributed by atoms with Crippen LogP contribution in [0.5, 0.6) is 0 Å². The minimum Gasteiger partial charge on any atom is -0.355 e.